The van der Waals surface area contributed by atoms with E-state index >= 15 is 0 Å². The van der Waals surface area contributed by atoms with Gasteiger partial charge in [-0.15, -0.1) is 0 Å². The van der Waals surface area contributed by atoms with Gasteiger partial charge in [0.2, 0.25) is 0 Å². The molecule has 0 saturated heterocycles. The molecule has 2 aromatic rings. The second-order valence-corrected chi connectivity index (χ2v) is 5.14. The maximum absolute atomic E-state index is 11.8. The Labute approximate surface area is 131 Å². The van der Waals surface area contributed by atoms with Crippen LogP contribution < -0.4 is 14.2 Å². The van der Waals surface area contributed by atoms with Gasteiger partial charge in [-0.3, -0.25) is 4.79 Å². The van der Waals surface area contributed by atoms with E-state index in [-0.39, 0.29) is 5.78 Å². The monoisotopic (exact) mass is 350 g/mol. The first kappa shape index (κ1) is 15.4. The zero-order valence-electron chi connectivity index (χ0n) is 12.0. The van der Waals surface area contributed by atoms with Crippen molar-refractivity contribution in [3.8, 4) is 23.0 Å². The number of Topliss-reactive ketones (excluding diaryl/α,β-unsaturated/α-hetero) is 1. The van der Waals surface area contributed by atoms with Crippen LogP contribution in [0.2, 0.25) is 0 Å². The number of hydrogen-bond acceptors (Lipinski definition) is 4. The Bertz CT molecular complexity index is 667. The summed E-state index contributed by atoms with van der Waals surface area (Å²) < 4.78 is 16.9. The average Bonchev–Trinajstić information content (AvgIpc) is 2.48. The van der Waals surface area contributed by atoms with E-state index in [2.05, 4.69) is 15.9 Å². The van der Waals surface area contributed by atoms with E-state index in [1.165, 1.54) is 14.0 Å². The third-order valence-corrected chi connectivity index (χ3v) is 3.54. The van der Waals surface area contributed by atoms with Gasteiger partial charge in [0.25, 0.3) is 0 Å². The molecule has 0 heterocycles. The predicted octanol–water partition coefficient (Wildman–Crippen LogP) is 4.46. The predicted molar refractivity (Wildman–Crippen MR) is 83.8 cm³/mol. The molecule has 110 valence electrons. The summed E-state index contributed by atoms with van der Waals surface area (Å²) in [6.45, 7) is 1.48. The molecule has 5 heteroatoms. The fraction of sp³-hybridized carbons (Fsp3) is 0.188. The number of carbonyl (C=O) groups is 1. The Kier molecular flexibility index (Phi) is 4.85. The molecule has 0 aliphatic rings. The highest BCUT2D eigenvalue weighted by atomic mass is 79.9. The van der Waals surface area contributed by atoms with Gasteiger partial charge in [-0.25, -0.2) is 0 Å². The second-order valence-electron chi connectivity index (χ2n) is 4.29. The highest BCUT2D eigenvalue weighted by Crippen LogP contribution is 2.36. The van der Waals surface area contributed by atoms with Crippen molar-refractivity contribution in [1.82, 2.24) is 0 Å². The maximum atomic E-state index is 11.8. The van der Waals surface area contributed by atoms with E-state index in [0.29, 0.717) is 28.6 Å². The lowest BCUT2D eigenvalue weighted by molar-refractivity contribution is 0.101. The number of ether oxygens (including phenoxy) is 3. The van der Waals surface area contributed by atoms with Crippen molar-refractivity contribution in [2.24, 2.45) is 0 Å². The largest absolute Gasteiger partial charge is 0.497 e. The molecular formula is C16H15BrO4. The van der Waals surface area contributed by atoms with Gasteiger partial charge < -0.3 is 14.2 Å². The maximum Gasteiger partial charge on any atom is 0.167 e. The van der Waals surface area contributed by atoms with Crippen molar-refractivity contribution in [3.05, 3.63) is 46.4 Å². The molecule has 0 spiro atoms. The van der Waals surface area contributed by atoms with Gasteiger partial charge in [0, 0.05) is 0 Å². The SMILES string of the molecule is COc1ccc(Oc2cccc(OC)c2C(C)=O)c(Br)c1. The summed E-state index contributed by atoms with van der Waals surface area (Å²) in [7, 11) is 3.12. The number of hydrogen-bond donors (Lipinski definition) is 0. The molecule has 0 bridgehead atoms. The Hall–Kier alpha value is -2.01. The molecule has 21 heavy (non-hydrogen) atoms. The molecule has 0 unspecified atom stereocenters. The van der Waals surface area contributed by atoms with Gasteiger partial charge in [-0.05, 0) is 53.2 Å². The molecule has 0 saturated carbocycles. The van der Waals surface area contributed by atoms with Crippen molar-refractivity contribution in [2.45, 2.75) is 6.92 Å². The number of carbonyl (C=O) groups excluding carboxylic acids is 1. The number of ketones is 1. The molecule has 2 aromatic carbocycles. The average molecular weight is 351 g/mol. The van der Waals surface area contributed by atoms with Gasteiger partial charge >= 0.3 is 0 Å². The summed E-state index contributed by atoms with van der Waals surface area (Å²) in [5, 5.41) is 0. The summed E-state index contributed by atoms with van der Waals surface area (Å²) in [4.78, 5) is 11.8. The molecule has 0 aromatic heterocycles. The Morgan fingerprint density at radius 2 is 1.71 bits per heavy atom. The Morgan fingerprint density at radius 3 is 2.29 bits per heavy atom. The zero-order valence-corrected chi connectivity index (χ0v) is 13.6. The first-order valence-corrected chi connectivity index (χ1v) is 7.05. The van der Waals surface area contributed by atoms with Crippen LogP contribution >= 0.6 is 15.9 Å². The molecule has 0 aliphatic heterocycles. The molecule has 0 amide bonds. The minimum atomic E-state index is -0.118. The first-order chi connectivity index (χ1) is 10.1. The van der Waals surface area contributed by atoms with E-state index in [1.54, 1.807) is 43.5 Å². The highest BCUT2D eigenvalue weighted by Gasteiger charge is 2.16. The third kappa shape index (κ3) is 3.36. The summed E-state index contributed by atoms with van der Waals surface area (Å²) in [6.07, 6.45) is 0. The fourth-order valence-corrected chi connectivity index (χ4v) is 2.36. The van der Waals surface area contributed by atoms with Gasteiger partial charge in [-0.2, -0.15) is 0 Å². The van der Waals surface area contributed by atoms with Crippen LogP contribution in [0.15, 0.2) is 40.9 Å². The number of halogens is 1. The Balaban J connectivity index is 2.42. The van der Waals surface area contributed by atoms with Crippen molar-refractivity contribution < 1.29 is 19.0 Å². The number of benzene rings is 2. The normalized spacial score (nSPS) is 10.1. The number of methoxy groups -OCH3 is 2. The summed E-state index contributed by atoms with van der Waals surface area (Å²) in [6, 6.07) is 10.6. The lowest BCUT2D eigenvalue weighted by Gasteiger charge is -2.14. The van der Waals surface area contributed by atoms with E-state index in [0.717, 1.165) is 4.47 Å². The van der Waals surface area contributed by atoms with Gasteiger partial charge in [0.15, 0.2) is 5.78 Å². The lowest BCUT2D eigenvalue weighted by Crippen LogP contribution is -2.01. The van der Waals surface area contributed by atoms with Gasteiger partial charge in [0.05, 0.1) is 18.7 Å². The van der Waals surface area contributed by atoms with E-state index in [9.17, 15) is 4.79 Å². The summed E-state index contributed by atoms with van der Waals surface area (Å²) in [5.74, 6) is 2.13. The molecule has 0 fully saturated rings. The number of rotatable bonds is 5. The van der Waals surface area contributed by atoms with Crippen LogP contribution in [0.1, 0.15) is 17.3 Å². The van der Waals surface area contributed by atoms with Gasteiger partial charge in [-0.1, -0.05) is 6.07 Å². The van der Waals surface area contributed by atoms with Gasteiger partial charge in [0.1, 0.15) is 28.6 Å². The van der Waals surface area contributed by atoms with Crippen LogP contribution in [-0.4, -0.2) is 20.0 Å². The van der Waals surface area contributed by atoms with Crippen LogP contribution in [0.3, 0.4) is 0 Å². The molecule has 2 rings (SSSR count). The first-order valence-electron chi connectivity index (χ1n) is 6.26. The van der Waals surface area contributed by atoms with Crippen LogP contribution in [0.5, 0.6) is 23.0 Å². The smallest absolute Gasteiger partial charge is 0.167 e. The molecule has 4 nitrogen and oxygen atoms in total. The molecular weight excluding hydrogens is 336 g/mol. The van der Waals surface area contributed by atoms with Crippen LogP contribution in [-0.2, 0) is 0 Å². The summed E-state index contributed by atoms with van der Waals surface area (Å²) in [5.41, 5.74) is 0.419. The molecule has 0 radical (unpaired) electrons. The standard InChI is InChI=1S/C16H15BrO4/c1-10(18)16-14(20-3)5-4-6-15(16)21-13-8-7-11(19-2)9-12(13)17/h4-9H,1-3H3. The van der Waals surface area contributed by atoms with Crippen molar-refractivity contribution in [2.75, 3.05) is 14.2 Å². The van der Waals surface area contributed by atoms with E-state index < -0.39 is 0 Å². The quantitative estimate of drug-likeness (QED) is 0.746. The van der Waals surface area contributed by atoms with Crippen molar-refractivity contribution in [3.63, 3.8) is 0 Å². The molecule has 0 atom stereocenters. The van der Waals surface area contributed by atoms with Crippen LogP contribution in [0.25, 0.3) is 0 Å². The third-order valence-electron chi connectivity index (χ3n) is 2.92. The Morgan fingerprint density at radius 1 is 1.00 bits per heavy atom. The topological polar surface area (TPSA) is 44.8 Å². The fourth-order valence-electron chi connectivity index (χ4n) is 1.92. The minimum Gasteiger partial charge on any atom is -0.497 e. The van der Waals surface area contributed by atoms with Crippen LogP contribution in [0.4, 0.5) is 0 Å². The second kappa shape index (κ2) is 6.63. The minimum absolute atomic E-state index is 0.118. The highest BCUT2D eigenvalue weighted by molar-refractivity contribution is 9.10. The molecule has 0 aliphatic carbocycles. The van der Waals surface area contributed by atoms with Crippen LogP contribution in [0, 0.1) is 0 Å². The van der Waals surface area contributed by atoms with Crippen molar-refractivity contribution >= 4 is 21.7 Å². The van der Waals surface area contributed by atoms with E-state index in [4.69, 9.17) is 14.2 Å². The lowest BCUT2D eigenvalue weighted by atomic mass is 10.1. The van der Waals surface area contributed by atoms with Crippen molar-refractivity contribution in [1.29, 1.82) is 0 Å². The molecule has 0 N–H and O–H groups in total. The zero-order chi connectivity index (χ0) is 15.4. The van der Waals surface area contributed by atoms with E-state index in [1.807, 2.05) is 0 Å². The summed E-state index contributed by atoms with van der Waals surface area (Å²) >= 11 is 3.42.